The van der Waals surface area contributed by atoms with Crippen LogP contribution in [0.4, 0.5) is 0 Å². The van der Waals surface area contributed by atoms with E-state index in [1.807, 2.05) is 19.2 Å². The van der Waals surface area contributed by atoms with Crippen molar-refractivity contribution in [2.75, 3.05) is 7.05 Å². The maximum Gasteiger partial charge on any atom is 0.208 e. The van der Waals surface area contributed by atoms with Gasteiger partial charge in [0.05, 0.1) is 12.7 Å². The van der Waals surface area contributed by atoms with Gasteiger partial charge in [-0.1, -0.05) is 22.0 Å². The molecular weight excluding hydrogens is 268 g/mol. The minimum absolute atomic E-state index is 0.646. The van der Waals surface area contributed by atoms with Gasteiger partial charge in [0.2, 0.25) is 5.89 Å². The number of rotatable bonds is 3. The van der Waals surface area contributed by atoms with E-state index in [-0.39, 0.29) is 0 Å². The van der Waals surface area contributed by atoms with Crippen LogP contribution in [0.25, 0.3) is 11.3 Å². The number of benzene rings is 1. The van der Waals surface area contributed by atoms with E-state index < -0.39 is 0 Å². The van der Waals surface area contributed by atoms with E-state index in [4.69, 9.17) is 4.42 Å². The van der Waals surface area contributed by atoms with Gasteiger partial charge in [-0.15, -0.1) is 0 Å². The summed E-state index contributed by atoms with van der Waals surface area (Å²) in [5, 5.41) is 3.01. The minimum Gasteiger partial charge on any atom is -0.439 e. The number of nitrogens with one attached hydrogen (secondary N) is 1. The lowest BCUT2D eigenvalue weighted by atomic mass is 10.1. The molecule has 84 valence electrons. The Kier molecular flexibility index (Phi) is 3.41. The Morgan fingerprint density at radius 1 is 1.44 bits per heavy atom. The Morgan fingerprint density at radius 2 is 2.25 bits per heavy atom. The lowest BCUT2D eigenvalue weighted by molar-refractivity contribution is 0.490. The Hall–Kier alpha value is -1.13. The lowest BCUT2D eigenvalue weighted by Crippen LogP contribution is -2.04. The lowest BCUT2D eigenvalue weighted by Gasteiger charge is -2.02. The molecule has 3 nitrogen and oxygen atoms in total. The van der Waals surface area contributed by atoms with Gasteiger partial charge in [0.1, 0.15) is 0 Å². The number of nitrogens with zero attached hydrogens (tertiary/aromatic N) is 1. The molecule has 1 aromatic heterocycles. The van der Waals surface area contributed by atoms with Crippen LogP contribution in [0.5, 0.6) is 0 Å². The maximum absolute atomic E-state index is 5.65. The zero-order valence-electron chi connectivity index (χ0n) is 9.25. The molecule has 0 aliphatic rings. The molecule has 16 heavy (non-hydrogen) atoms. The molecule has 0 fully saturated rings. The Balaban J connectivity index is 2.38. The number of oxazole rings is 1. The first-order valence-electron chi connectivity index (χ1n) is 5.06. The summed E-state index contributed by atoms with van der Waals surface area (Å²) in [6.07, 6.45) is 1.77. The van der Waals surface area contributed by atoms with Gasteiger partial charge in [0.15, 0.2) is 5.76 Å². The van der Waals surface area contributed by atoms with E-state index in [1.54, 1.807) is 6.20 Å². The van der Waals surface area contributed by atoms with Gasteiger partial charge >= 0.3 is 0 Å². The van der Waals surface area contributed by atoms with Gasteiger partial charge in [0, 0.05) is 10.0 Å². The molecule has 0 saturated carbocycles. The topological polar surface area (TPSA) is 38.1 Å². The first-order valence-corrected chi connectivity index (χ1v) is 5.86. The van der Waals surface area contributed by atoms with Crippen molar-refractivity contribution in [2.24, 2.45) is 0 Å². The third kappa shape index (κ3) is 2.33. The molecule has 1 N–H and O–H groups in total. The molecule has 4 heteroatoms. The van der Waals surface area contributed by atoms with Gasteiger partial charge in [-0.3, -0.25) is 0 Å². The second-order valence-corrected chi connectivity index (χ2v) is 4.52. The predicted octanol–water partition coefficient (Wildman–Crippen LogP) is 3.13. The van der Waals surface area contributed by atoms with Crippen molar-refractivity contribution in [3.05, 3.63) is 40.3 Å². The fraction of sp³-hybridized carbons (Fsp3) is 0.250. The highest BCUT2D eigenvalue weighted by atomic mass is 79.9. The fourth-order valence-corrected chi connectivity index (χ4v) is 1.89. The highest BCUT2D eigenvalue weighted by Crippen LogP contribution is 2.27. The molecule has 0 amide bonds. The fourth-order valence-electron chi connectivity index (χ4n) is 1.53. The zero-order chi connectivity index (χ0) is 11.5. The van der Waals surface area contributed by atoms with Crippen LogP contribution in [0.15, 0.2) is 33.3 Å². The van der Waals surface area contributed by atoms with Crippen molar-refractivity contribution in [1.29, 1.82) is 0 Å². The second-order valence-electron chi connectivity index (χ2n) is 3.61. The second kappa shape index (κ2) is 4.80. The van der Waals surface area contributed by atoms with Crippen molar-refractivity contribution in [1.82, 2.24) is 10.3 Å². The summed E-state index contributed by atoms with van der Waals surface area (Å²) in [7, 11) is 1.87. The molecule has 0 bridgehead atoms. The van der Waals surface area contributed by atoms with Crippen LogP contribution < -0.4 is 5.32 Å². The van der Waals surface area contributed by atoms with Crippen LogP contribution in [-0.4, -0.2) is 12.0 Å². The number of hydrogen-bond donors (Lipinski definition) is 1. The largest absolute Gasteiger partial charge is 0.439 e. The molecule has 0 aliphatic heterocycles. The van der Waals surface area contributed by atoms with Crippen molar-refractivity contribution in [3.8, 4) is 11.3 Å². The third-order valence-corrected chi connectivity index (χ3v) is 2.84. The van der Waals surface area contributed by atoms with Crippen molar-refractivity contribution < 1.29 is 4.42 Å². The summed E-state index contributed by atoms with van der Waals surface area (Å²) < 4.78 is 6.69. The van der Waals surface area contributed by atoms with Gasteiger partial charge in [0.25, 0.3) is 0 Å². The number of halogens is 1. The highest BCUT2D eigenvalue weighted by Gasteiger charge is 2.08. The summed E-state index contributed by atoms with van der Waals surface area (Å²) in [5.74, 6) is 1.51. The van der Waals surface area contributed by atoms with Crippen molar-refractivity contribution in [3.63, 3.8) is 0 Å². The summed E-state index contributed by atoms with van der Waals surface area (Å²) in [4.78, 5) is 4.21. The van der Waals surface area contributed by atoms with Crippen LogP contribution in [0.3, 0.4) is 0 Å². The molecule has 0 atom stereocenters. The predicted molar refractivity (Wildman–Crippen MR) is 67.1 cm³/mol. The molecule has 1 aromatic carbocycles. The van der Waals surface area contributed by atoms with Crippen LogP contribution in [-0.2, 0) is 6.54 Å². The first-order chi connectivity index (χ1) is 7.70. The van der Waals surface area contributed by atoms with Crippen LogP contribution in [0.1, 0.15) is 11.5 Å². The van der Waals surface area contributed by atoms with E-state index in [2.05, 4.69) is 39.2 Å². The van der Waals surface area contributed by atoms with Crippen molar-refractivity contribution >= 4 is 15.9 Å². The number of hydrogen-bond acceptors (Lipinski definition) is 3. The third-order valence-electron chi connectivity index (χ3n) is 2.35. The first kappa shape index (κ1) is 11.4. The summed E-state index contributed by atoms with van der Waals surface area (Å²) in [5.41, 5.74) is 2.25. The minimum atomic E-state index is 0.646. The molecular formula is C12H13BrN2O. The maximum atomic E-state index is 5.65. The molecule has 0 radical (unpaired) electrons. The summed E-state index contributed by atoms with van der Waals surface area (Å²) in [6, 6.07) is 6.11. The molecule has 0 unspecified atom stereocenters. The van der Waals surface area contributed by atoms with E-state index in [0.717, 1.165) is 15.8 Å². The van der Waals surface area contributed by atoms with Gasteiger partial charge in [-0.25, -0.2) is 4.98 Å². The van der Waals surface area contributed by atoms with E-state index in [9.17, 15) is 0 Å². The monoisotopic (exact) mass is 280 g/mol. The molecule has 1 heterocycles. The van der Waals surface area contributed by atoms with Crippen LogP contribution in [0.2, 0.25) is 0 Å². The van der Waals surface area contributed by atoms with Gasteiger partial charge in [-0.05, 0) is 31.7 Å². The quantitative estimate of drug-likeness (QED) is 0.939. The SMILES string of the molecule is CNCc1ncc(-c2cc(Br)ccc2C)o1. The summed E-state index contributed by atoms with van der Waals surface area (Å²) in [6.45, 7) is 2.70. The zero-order valence-corrected chi connectivity index (χ0v) is 10.8. The smallest absolute Gasteiger partial charge is 0.208 e. The normalized spacial score (nSPS) is 10.7. The van der Waals surface area contributed by atoms with E-state index in [0.29, 0.717) is 12.4 Å². The van der Waals surface area contributed by atoms with Crippen LogP contribution >= 0.6 is 15.9 Å². The Labute approximate surface area is 103 Å². The number of aryl methyl sites for hydroxylation is 1. The summed E-state index contributed by atoms with van der Waals surface area (Å²) >= 11 is 3.46. The van der Waals surface area contributed by atoms with Crippen LogP contribution in [0, 0.1) is 6.92 Å². The van der Waals surface area contributed by atoms with Gasteiger partial charge in [-0.2, -0.15) is 0 Å². The molecule has 0 saturated heterocycles. The van der Waals surface area contributed by atoms with Crippen molar-refractivity contribution in [2.45, 2.75) is 13.5 Å². The molecule has 2 rings (SSSR count). The number of aromatic nitrogens is 1. The van der Waals surface area contributed by atoms with E-state index in [1.165, 1.54) is 5.56 Å². The molecule has 0 aliphatic carbocycles. The van der Waals surface area contributed by atoms with Gasteiger partial charge < -0.3 is 9.73 Å². The Morgan fingerprint density at radius 3 is 3.00 bits per heavy atom. The Bertz CT molecular complexity index is 494. The average molecular weight is 281 g/mol. The standard InChI is InChI=1S/C12H13BrN2O/c1-8-3-4-9(13)5-10(8)11-6-15-12(16-11)7-14-2/h3-6,14H,7H2,1-2H3. The molecule has 2 aromatic rings. The highest BCUT2D eigenvalue weighted by molar-refractivity contribution is 9.10. The van der Waals surface area contributed by atoms with E-state index >= 15 is 0 Å². The molecule has 0 spiro atoms. The average Bonchev–Trinajstić information content (AvgIpc) is 2.71.